The van der Waals surface area contributed by atoms with Crippen molar-refractivity contribution in [1.29, 1.82) is 0 Å². The van der Waals surface area contributed by atoms with Gasteiger partial charge in [-0.2, -0.15) is 0 Å². The fourth-order valence-corrected chi connectivity index (χ4v) is 4.32. The first-order valence-electron chi connectivity index (χ1n) is 7.80. The molecule has 0 amide bonds. The van der Waals surface area contributed by atoms with E-state index >= 15 is 0 Å². The predicted molar refractivity (Wildman–Crippen MR) is 84.3 cm³/mol. The van der Waals surface area contributed by atoms with E-state index in [1.54, 1.807) is 0 Å². The molecular weight excluding hydrogens is 252 g/mol. The average molecular weight is 280 g/mol. The maximum Gasteiger partial charge on any atom is 0.0287 e. The van der Waals surface area contributed by atoms with Gasteiger partial charge in [-0.3, -0.25) is 11.3 Å². The third-order valence-electron chi connectivity index (χ3n) is 4.74. The van der Waals surface area contributed by atoms with Gasteiger partial charge in [0.15, 0.2) is 0 Å². The summed E-state index contributed by atoms with van der Waals surface area (Å²) in [7, 11) is 0. The first-order valence-corrected chi connectivity index (χ1v) is 8.62. The largest absolute Gasteiger partial charge is 0.271 e. The number of nitrogens with two attached hydrogens (primary N) is 1. The van der Waals surface area contributed by atoms with Crippen LogP contribution in [-0.2, 0) is 12.8 Å². The minimum atomic E-state index is 0.459. The number of thiophene rings is 1. The summed E-state index contributed by atoms with van der Waals surface area (Å²) in [5, 5.41) is 0. The van der Waals surface area contributed by atoms with E-state index in [2.05, 4.69) is 31.4 Å². The van der Waals surface area contributed by atoms with Crippen LogP contribution in [0.2, 0.25) is 0 Å². The second-order valence-corrected chi connectivity index (χ2v) is 7.14. The third kappa shape index (κ3) is 4.04. The summed E-state index contributed by atoms with van der Waals surface area (Å²) in [6, 6.07) is 5.01. The maximum absolute atomic E-state index is 5.81. The van der Waals surface area contributed by atoms with Crippen LogP contribution in [0.5, 0.6) is 0 Å². The lowest BCUT2D eigenvalue weighted by atomic mass is 9.77. The van der Waals surface area contributed by atoms with E-state index < -0.39 is 0 Å². The standard InChI is InChI=1S/C16H28N2S/c1-3-12-5-7-13(8-6-12)16(18-17)11-15-10-9-14(4-2)19-15/h9-10,12-13,16,18H,3-8,11,17H2,1-2H3. The normalized spacial score (nSPS) is 25.4. The fourth-order valence-electron chi connectivity index (χ4n) is 3.30. The molecule has 0 radical (unpaired) electrons. The molecule has 3 heteroatoms. The smallest absolute Gasteiger partial charge is 0.0287 e. The van der Waals surface area contributed by atoms with Crippen LogP contribution in [0.25, 0.3) is 0 Å². The fraction of sp³-hybridized carbons (Fsp3) is 0.750. The van der Waals surface area contributed by atoms with Crippen molar-refractivity contribution < 1.29 is 0 Å². The van der Waals surface area contributed by atoms with Crippen LogP contribution in [0.15, 0.2) is 12.1 Å². The van der Waals surface area contributed by atoms with Gasteiger partial charge in [0.1, 0.15) is 0 Å². The first-order chi connectivity index (χ1) is 9.26. The molecule has 1 atom stereocenters. The zero-order valence-corrected chi connectivity index (χ0v) is 13.1. The van der Waals surface area contributed by atoms with Gasteiger partial charge in [0.05, 0.1) is 0 Å². The van der Waals surface area contributed by atoms with Crippen molar-refractivity contribution >= 4 is 11.3 Å². The summed E-state index contributed by atoms with van der Waals surface area (Å²) in [6.07, 6.45) is 9.07. The summed E-state index contributed by atoms with van der Waals surface area (Å²) in [4.78, 5) is 2.97. The molecule has 2 nitrogen and oxygen atoms in total. The summed E-state index contributed by atoms with van der Waals surface area (Å²) < 4.78 is 0. The molecule has 108 valence electrons. The van der Waals surface area contributed by atoms with Gasteiger partial charge in [0, 0.05) is 15.8 Å². The van der Waals surface area contributed by atoms with Crippen molar-refractivity contribution in [3.63, 3.8) is 0 Å². The topological polar surface area (TPSA) is 38.0 Å². The van der Waals surface area contributed by atoms with Crippen molar-refractivity contribution in [3.8, 4) is 0 Å². The monoisotopic (exact) mass is 280 g/mol. The number of hydrogen-bond acceptors (Lipinski definition) is 3. The molecule has 0 aromatic carbocycles. The average Bonchev–Trinajstić information content (AvgIpc) is 2.92. The second kappa shape index (κ2) is 7.41. The van der Waals surface area contributed by atoms with Gasteiger partial charge in [-0.05, 0) is 49.7 Å². The SMILES string of the molecule is CCc1ccc(CC(NN)C2CCC(CC)CC2)s1. The van der Waals surface area contributed by atoms with E-state index in [4.69, 9.17) is 5.84 Å². The Morgan fingerprint density at radius 1 is 1.21 bits per heavy atom. The highest BCUT2D eigenvalue weighted by molar-refractivity contribution is 7.11. The Morgan fingerprint density at radius 2 is 1.89 bits per heavy atom. The molecule has 0 saturated heterocycles. The van der Waals surface area contributed by atoms with Crippen LogP contribution < -0.4 is 11.3 Å². The Bertz CT molecular complexity index is 367. The molecule has 1 saturated carbocycles. The zero-order chi connectivity index (χ0) is 13.7. The zero-order valence-electron chi connectivity index (χ0n) is 12.3. The predicted octanol–water partition coefficient (Wildman–Crippen LogP) is 3.90. The molecule has 1 fully saturated rings. The van der Waals surface area contributed by atoms with Gasteiger partial charge < -0.3 is 0 Å². The minimum Gasteiger partial charge on any atom is -0.271 e. The molecule has 1 aliphatic rings. The van der Waals surface area contributed by atoms with Crippen LogP contribution >= 0.6 is 11.3 Å². The number of hydrazine groups is 1. The quantitative estimate of drug-likeness (QED) is 0.612. The van der Waals surface area contributed by atoms with Gasteiger partial charge in [0.2, 0.25) is 0 Å². The third-order valence-corrected chi connectivity index (χ3v) is 5.99. The highest BCUT2D eigenvalue weighted by Gasteiger charge is 2.26. The van der Waals surface area contributed by atoms with E-state index in [0.29, 0.717) is 6.04 Å². The van der Waals surface area contributed by atoms with Crippen molar-refractivity contribution in [2.75, 3.05) is 0 Å². The van der Waals surface area contributed by atoms with E-state index in [-0.39, 0.29) is 0 Å². The molecule has 1 unspecified atom stereocenters. The number of nitrogens with one attached hydrogen (secondary N) is 1. The molecule has 0 spiro atoms. The second-order valence-electron chi connectivity index (χ2n) is 5.89. The highest BCUT2D eigenvalue weighted by Crippen LogP contribution is 2.33. The van der Waals surface area contributed by atoms with Crippen LogP contribution in [0.1, 0.15) is 55.7 Å². The molecule has 1 heterocycles. The lowest BCUT2D eigenvalue weighted by molar-refractivity contribution is 0.217. The highest BCUT2D eigenvalue weighted by atomic mass is 32.1. The van der Waals surface area contributed by atoms with Crippen LogP contribution in [-0.4, -0.2) is 6.04 Å². The van der Waals surface area contributed by atoms with Gasteiger partial charge in [0.25, 0.3) is 0 Å². The van der Waals surface area contributed by atoms with Crippen molar-refractivity contribution in [1.82, 2.24) is 5.43 Å². The molecule has 1 aromatic rings. The molecule has 1 aromatic heterocycles. The van der Waals surface area contributed by atoms with Gasteiger partial charge in [-0.15, -0.1) is 11.3 Å². The molecular formula is C16H28N2S. The lowest BCUT2D eigenvalue weighted by Gasteiger charge is -2.33. The summed E-state index contributed by atoms with van der Waals surface area (Å²) >= 11 is 1.95. The Kier molecular flexibility index (Phi) is 5.86. The van der Waals surface area contributed by atoms with E-state index in [1.165, 1.54) is 41.9 Å². The maximum atomic E-state index is 5.81. The van der Waals surface area contributed by atoms with Gasteiger partial charge >= 0.3 is 0 Å². The molecule has 19 heavy (non-hydrogen) atoms. The molecule has 2 rings (SSSR count). The summed E-state index contributed by atoms with van der Waals surface area (Å²) in [6.45, 7) is 4.54. The Hall–Kier alpha value is -0.380. The van der Waals surface area contributed by atoms with Gasteiger partial charge in [-0.25, -0.2) is 0 Å². The molecule has 3 N–H and O–H groups in total. The first kappa shape index (κ1) is 15.0. The number of hydrogen-bond donors (Lipinski definition) is 2. The Morgan fingerprint density at radius 3 is 2.42 bits per heavy atom. The Labute approximate surface area is 121 Å². The summed E-state index contributed by atoms with van der Waals surface area (Å²) in [5.41, 5.74) is 3.09. The van der Waals surface area contributed by atoms with Crippen LogP contribution in [0, 0.1) is 11.8 Å². The minimum absolute atomic E-state index is 0.459. The number of aryl methyl sites for hydroxylation is 1. The molecule has 0 bridgehead atoms. The van der Waals surface area contributed by atoms with Crippen molar-refractivity contribution in [2.24, 2.45) is 17.7 Å². The van der Waals surface area contributed by atoms with E-state index in [1.807, 2.05) is 11.3 Å². The van der Waals surface area contributed by atoms with Gasteiger partial charge in [-0.1, -0.05) is 33.1 Å². The molecule has 0 aliphatic heterocycles. The van der Waals surface area contributed by atoms with Crippen LogP contribution in [0.4, 0.5) is 0 Å². The Balaban J connectivity index is 1.89. The molecule has 1 aliphatic carbocycles. The summed E-state index contributed by atoms with van der Waals surface area (Å²) in [5.74, 6) is 7.54. The van der Waals surface area contributed by atoms with Crippen molar-refractivity contribution in [2.45, 2.75) is 64.8 Å². The van der Waals surface area contributed by atoms with Crippen molar-refractivity contribution in [3.05, 3.63) is 21.9 Å². The lowest BCUT2D eigenvalue weighted by Crippen LogP contribution is -2.43. The van der Waals surface area contributed by atoms with E-state index in [9.17, 15) is 0 Å². The van der Waals surface area contributed by atoms with E-state index in [0.717, 1.165) is 24.7 Å². The van der Waals surface area contributed by atoms with Crippen LogP contribution in [0.3, 0.4) is 0 Å². The number of rotatable bonds is 6.